The Morgan fingerprint density at radius 3 is 2.91 bits per heavy atom. The summed E-state index contributed by atoms with van der Waals surface area (Å²) in [7, 11) is 0. The van der Waals surface area contributed by atoms with Crippen molar-refractivity contribution in [3.05, 3.63) is 52.9 Å². The lowest BCUT2D eigenvalue weighted by atomic mass is 10.1. The van der Waals surface area contributed by atoms with Gasteiger partial charge in [0.05, 0.1) is 19.0 Å². The van der Waals surface area contributed by atoms with Gasteiger partial charge in [0.15, 0.2) is 5.69 Å². The number of carbonyl (C=O) groups is 1. The number of morpholine rings is 1. The first-order valence-electron chi connectivity index (χ1n) is 6.81. The zero-order valence-corrected chi connectivity index (χ0v) is 12.4. The molecule has 0 aliphatic carbocycles. The molecule has 0 saturated carbocycles. The van der Waals surface area contributed by atoms with E-state index < -0.39 is 5.97 Å². The molecule has 3 rings (SSSR count). The molecular formula is C15H14ClN3O3. The molecule has 1 aliphatic heterocycles. The highest BCUT2D eigenvalue weighted by molar-refractivity contribution is 6.30. The van der Waals surface area contributed by atoms with Crippen molar-refractivity contribution in [3.8, 4) is 0 Å². The van der Waals surface area contributed by atoms with Crippen molar-refractivity contribution in [2.45, 2.75) is 6.10 Å². The number of hydrogen-bond acceptors (Lipinski definition) is 5. The van der Waals surface area contributed by atoms with Crippen LogP contribution in [-0.4, -0.2) is 40.7 Å². The van der Waals surface area contributed by atoms with Gasteiger partial charge in [-0.2, -0.15) is 0 Å². The summed E-state index contributed by atoms with van der Waals surface area (Å²) in [5.41, 5.74) is 0.940. The normalized spacial score (nSPS) is 18.2. The van der Waals surface area contributed by atoms with Gasteiger partial charge in [0.2, 0.25) is 0 Å². The maximum Gasteiger partial charge on any atom is 0.356 e. The van der Waals surface area contributed by atoms with Crippen LogP contribution >= 0.6 is 11.6 Å². The first kappa shape index (κ1) is 14.7. The zero-order chi connectivity index (χ0) is 15.5. The molecule has 1 atom stereocenters. The zero-order valence-electron chi connectivity index (χ0n) is 11.6. The largest absolute Gasteiger partial charge is 0.476 e. The minimum atomic E-state index is -1.09. The van der Waals surface area contributed by atoms with Crippen molar-refractivity contribution in [1.29, 1.82) is 0 Å². The minimum absolute atomic E-state index is 0.0663. The molecule has 0 radical (unpaired) electrons. The molecule has 1 aromatic heterocycles. The van der Waals surface area contributed by atoms with Crippen LogP contribution in [0.4, 0.5) is 5.82 Å². The van der Waals surface area contributed by atoms with Crippen LogP contribution in [0.1, 0.15) is 22.2 Å². The first-order valence-corrected chi connectivity index (χ1v) is 7.18. The van der Waals surface area contributed by atoms with E-state index in [1.807, 2.05) is 29.2 Å². The molecule has 2 heterocycles. The minimum Gasteiger partial charge on any atom is -0.476 e. The highest BCUT2D eigenvalue weighted by Gasteiger charge is 2.23. The Morgan fingerprint density at radius 2 is 2.23 bits per heavy atom. The van der Waals surface area contributed by atoms with Crippen molar-refractivity contribution in [2.24, 2.45) is 0 Å². The summed E-state index contributed by atoms with van der Waals surface area (Å²) < 4.78 is 5.79. The fourth-order valence-corrected chi connectivity index (χ4v) is 2.56. The third kappa shape index (κ3) is 3.18. The van der Waals surface area contributed by atoms with E-state index in [9.17, 15) is 4.79 Å². The summed E-state index contributed by atoms with van der Waals surface area (Å²) in [4.78, 5) is 20.9. The van der Waals surface area contributed by atoms with Crippen LogP contribution in [0, 0.1) is 0 Å². The number of halogens is 1. The van der Waals surface area contributed by atoms with Crippen LogP contribution in [0.2, 0.25) is 5.02 Å². The van der Waals surface area contributed by atoms with Gasteiger partial charge in [0, 0.05) is 18.1 Å². The van der Waals surface area contributed by atoms with Crippen LogP contribution in [0.3, 0.4) is 0 Å². The second-order valence-electron chi connectivity index (χ2n) is 4.93. The maximum atomic E-state index is 10.8. The predicted octanol–water partition coefficient (Wildman–Crippen LogP) is 2.41. The number of carboxylic acids is 1. The molecular weight excluding hydrogens is 306 g/mol. The van der Waals surface area contributed by atoms with Gasteiger partial charge in [-0.15, -0.1) is 0 Å². The van der Waals surface area contributed by atoms with E-state index in [0.717, 1.165) is 5.56 Å². The van der Waals surface area contributed by atoms with Crippen LogP contribution in [-0.2, 0) is 4.74 Å². The number of nitrogens with zero attached hydrogens (tertiary/aromatic N) is 3. The summed E-state index contributed by atoms with van der Waals surface area (Å²) >= 11 is 6.02. The molecule has 1 saturated heterocycles. The van der Waals surface area contributed by atoms with Crippen LogP contribution in [0.5, 0.6) is 0 Å². The predicted molar refractivity (Wildman–Crippen MR) is 81.3 cm³/mol. The van der Waals surface area contributed by atoms with Crippen LogP contribution in [0.25, 0.3) is 0 Å². The van der Waals surface area contributed by atoms with E-state index >= 15 is 0 Å². The standard InChI is InChI=1S/C15H14ClN3O3/c16-11-3-1-2-10(6-11)13-9-19(4-5-22-13)14-8-17-12(7-18-14)15(20)21/h1-3,6-8,13H,4-5,9H2,(H,20,21). The van der Waals surface area contributed by atoms with E-state index in [4.69, 9.17) is 21.4 Å². The van der Waals surface area contributed by atoms with Crippen molar-refractivity contribution >= 4 is 23.4 Å². The van der Waals surface area contributed by atoms with Crippen LogP contribution in [0.15, 0.2) is 36.7 Å². The fourth-order valence-electron chi connectivity index (χ4n) is 2.36. The Bertz CT molecular complexity index is 678. The van der Waals surface area contributed by atoms with E-state index in [0.29, 0.717) is 30.5 Å². The molecule has 0 spiro atoms. The highest BCUT2D eigenvalue weighted by Crippen LogP contribution is 2.26. The Hall–Kier alpha value is -2.18. The number of aromatic nitrogens is 2. The summed E-state index contributed by atoms with van der Waals surface area (Å²) in [6.45, 7) is 1.85. The number of benzene rings is 1. The lowest BCUT2D eigenvalue weighted by molar-refractivity contribution is 0.0395. The van der Waals surface area contributed by atoms with Crippen molar-refractivity contribution < 1.29 is 14.6 Å². The van der Waals surface area contributed by atoms with Gasteiger partial charge in [0.25, 0.3) is 0 Å². The molecule has 0 amide bonds. The molecule has 6 nitrogen and oxygen atoms in total. The third-order valence-electron chi connectivity index (χ3n) is 3.47. The van der Waals surface area contributed by atoms with Gasteiger partial charge in [0.1, 0.15) is 11.9 Å². The van der Waals surface area contributed by atoms with Gasteiger partial charge in [-0.25, -0.2) is 14.8 Å². The Kier molecular flexibility index (Phi) is 4.22. The average molecular weight is 320 g/mol. The SMILES string of the molecule is O=C(O)c1cnc(N2CCOC(c3cccc(Cl)c3)C2)cn1. The number of aromatic carboxylic acids is 1. The topological polar surface area (TPSA) is 75.5 Å². The molecule has 2 aromatic rings. The molecule has 1 aromatic carbocycles. The van der Waals surface area contributed by atoms with E-state index in [1.165, 1.54) is 12.4 Å². The maximum absolute atomic E-state index is 10.8. The molecule has 114 valence electrons. The fraction of sp³-hybridized carbons (Fsp3) is 0.267. The molecule has 22 heavy (non-hydrogen) atoms. The number of anilines is 1. The van der Waals surface area contributed by atoms with Crippen molar-refractivity contribution in [1.82, 2.24) is 9.97 Å². The summed E-state index contributed by atoms with van der Waals surface area (Å²) in [6, 6.07) is 7.57. The smallest absolute Gasteiger partial charge is 0.356 e. The Balaban J connectivity index is 1.76. The van der Waals surface area contributed by atoms with Gasteiger partial charge >= 0.3 is 5.97 Å². The van der Waals surface area contributed by atoms with E-state index in [-0.39, 0.29) is 11.8 Å². The van der Waals surface area contributed by atoms with Gasteiger partial charge < -0.3 is 14.7 Å². The first-order chi connectivity index (χ1) is 10.6. The summed E-state index contributed by atoms with van der Waals surface area (Å²) in [5, 5.41) is 9.52. The quantitative estimate of drug-likeness (QED) is 0.936. The highest BCUT2D eigenvalue weighted by atomic mass is 35.5. The number of hydrogen-bond donors (Lipinski definition) is 1. The summed E-state index contributed by atoms with van der Waals surface area (Å²) in [6.07, 6.45) is 2.64. The van der Waals surface area contributed by atoms with Gasteiger partial charge in [-0.1, -0.05) is 23.7 Å². The van der Waals surface area contributed by atoms with E-state index in [1.54, 1.807) is 0 Å². The molecule has 1 unspecified atom stereocenters. The lowest BCUT2D eigenvalue weighted by Crippen LogP contribution is -2.39. The number of rotatable bonds is 3. The molecule has 7 heteroatoms. The third-order valence-corrected chi connectivity index (χ3v) is 3.70. The van der Waals surface area contributed by atoms with Gasteiger partial charge in [-0.3, -0.25) is 0 Å². The van der Waals surface area contributed by atoms with Crippen LogP contribution < -0.4 is 4.90 Å². The molecule has 0 bridgehead atoms. The molecule has 1 fully saturated rings. The summed E-state index contributed by atoms with van der Waals surface area (Å²) in [5.74, 6) is -0.446. The monoisotopic (exact) mass is 319 g/mol. The van der Waals surface area contributed by atoms with Crippen molar-refractivity contribution in [2.75, 3.05) is 24.6 Å². The molecule has 1 N–H and O–H groups in total. The average Bonchev–Trinajstić information content (AvgIpc) is 2.55. The van der Waals surface area contributed by atoms with E-state index in [2.05, 4.69) is 9.97 Å². The Morgan fingerprint density at radius 1 is 1.36 bits per heavy atom. The number of carboxylic acid groups (broad SMARTS) is 1. The van der Waals surface area contributed by atoms with Crippen molar-refractivity contribution in [3.63, 3.8) is 0 Å². The number of ether oxygens (including phenoxy) is 1. The van der Waals surface area contributed by atoms with Gasteiger partial charge in [-0.05, 0) is 17.7 Å². The molecule has 1 aliphatic rings. The second kappa shape index (κ2) is 6.29. The Labute approximate surface area is 132 Å². The second-order valence-corrected chi connectivity index (χ2v) is 5.36. The lowest BCUT2D eigenvalue weighted by Gasteiger charge is -2.33.